The van der Waals surface area contributed by atoms with Crippen molar-refractivity contribution < 1.29 is 4.79 Å². The minimum absolute atomic E-state index is 0.0453. The van der Waals surface area contributed by atoms with Gasteiger partial charge in [-0.3, -0.25) is 14.2 Å². The number of benzene rings is 1. The zero-order chi connectivity index (χ0) is 18.4. The number of hydrogen-bond donors (Lipinski definition) is 1. The number of rotatable bonds is 3. The summed E-state index contributed by atoms with van der Waals surface area (Å²) in [6.07, 6.45) is 1.74. The third-order valence-corrected chi connectivity index (χ3v) is 6.34. The highest BCUT2D eigenvalue weighted by atomic mass is 35.5. The van der Waals surface area contributed by atoms with Gasteiger partial charge in [-0.05, 0) is 36.6 Å². The Morgan fingerprint density at radius 3 is 2.96 bits per heavy atom. The van der Waals surface area contributed by atoms with Gasteiger partial charge in [0.15, 0.2) is 0 Å². The summed E-state index contributed by atoms with van der Waals surface area (Å²) in [4.78, 5) is 31.1. The standard InChI is InChI=1S/C18H15Cl2N3O2S/c1-9-14-17(22-13-3-2-6-23(13)18(14)25)26-15(9)16(24)21-8-10-4-5-11(19)7-12(10)20/h4-5,7H,2-3,6,8H2,1H3,(H,21,24). The number of nitrogens with one attached hydrogen (secondary N) is 1. The molecule has 3 aromatic rings. The van der Waals surface area contributed by atoms with Gasteiger partial charge in [0.1, 0.15) is 10.7 Å². The molecule has 0 saturated carbocycles. The van der Waals surface area contributed by atoms with Crippen molar-refractivity contribution in [2.24, 2.45) is 0 Å². The molecule has 0 atom stereocenters. The topological polar surface area (TPSA) is 64.0 Å². The van der Waals surface area contributed by atoms with Gasteiger partial charge < -0.3 is 5.32 Å². The zero-order valence-corrected chi connectivity index (χ0v) is 16.3. The fourth-order valence-electron chi connectivity index (χ4n) is 3.21. The first-order valence-corrected chi connectivity index (χ1v) is 9.78. The highest BCUT2D eigenvalue weighted by Crippen LogP contribution is 2.29. The fourth-order valence-corrected chi connectivity index (χ4v) is 4.79. The van der Waals surface area contributed by atoms with Gasteiger partial charge in [-0.2, -0.15) is 0 Å². The van der Waals surface area contributed by atoms with Crippen LogP contribution in [0.3, 0.4) is 0 Å². The summed E-state index contributed by atoms with van der Waals surface area (Å²) in [5, 5.41) is 4.46. The Labute approximate surface area is 163 Å². The van der Waals surface area contributed by atoms with E-state index in [-0.39, 0.29) is 18.0 Å². The second-order valence-corrected chi connectivity index (χ2v) is 8.09. The van der Waals surface area contributed by atoms with Crippen LogP contribution in [0.25, 0.3) is 10.2 Å². The van der Waals surface area contributed by atoms with Crippen LogP contribution < -0.4 is 10.9 Å². The molecular weight excluding hydrogens is 393 g/mol. The normalized spacial score (nSPS) is 13.2. The van der Waals surface area contributed by atoms with E-state index in [1.807, 2.05) is 0 Å². The van der Waals surface area contributed by atoms with Gasteiger partial charge in [-0.1, -0.05) is 29.3 Å². The molecule has 1 aromatic carbocycles. The molecule has 0 saturated heterocycles. The minimum atomic E-state index is -0.235. The van der Waals surface area contributed by atoms with Crippen LogP contribution in [0.5, 0.6) is 0 Å². The van der Waals surface area contributed by atoms with Crippen molar-refractivity contribution in [1.82, 2.24) is 14.9 Å². The summed E-state index contributed by atoms with van der Waals surface area (Å²) in [6.45, 7) is 2.78. The van der Waals surface area contributed by atoms with Crippen LogP contribution in [0, 0.1) is 6.92 Å². The van der Waals surface area contributed by atoms with Crippen molar-refractivity contribution in [1.29, 1.82) is 0 Å². The third kappa shape index (κ3) is 2.92. The molecule has 2 aromatic heterocycles. The fraction of sp³-hybridized carbons (Fsp3) is 0.278. The van der Waals surface area contributed by atoms with Crippen LogP contribution in [0.1, 0.15) is 33.0 Å². The number of amides is 1. The van der Waals surface area contributed by atoms with Crippen LogP contribution in [0.2, 0.25) is 10.0 Å². The van der Waals surface area contributed by atoms with E-state index in [1.54, 1.807) is 29.7 Å². The predicted octanol–water partition coefficient (Wildman–Crippen LogP) is 3.95. The third-order valence-electron chi connectivity index (χ3n) is 4.57. The summed E-state index contributed by atoms with van der Waals surface area (Å²) in [5.41, 5.74) is 1.42. The maximum absolute atomic E-state index is 12.7. The molecule has 0 aliphatic carbocycles. The Hall–Kier alpha value is -1.89. The first-order valence-electron chi connectivity index (χ1n) is 8.20. The van der Waals surface area contributed by atoms with Crippen LogP contribution in [-0.2, 0) is 19.5 Å². The molecule has 4 rings (SSSR count). The number of aryl methyl sites for hydroxylation is 2. The number of carbonyl (C=O) groups is 1. The number of nitrogens with zero attached hydrogens (tertiary/aromatic N) is 2. The molecule has 1 N–H and O–H groups in total. The molecule has 3 heterocycles. The summed E-state index contributed by atoms with van der Waals surface area (Å²) in [5.74, 6) is 0.574. The molecular formula is C18H15Cl2N3O2S. The average Bonchev–Trinajstić information content (AvgIpc) is 3.19. The number of thiophene rings is 1. The number of carbonyl (C=O) groups excluding carboxylic acids is 1. The smallest absolute Gasteiger partial charge is 0.262 e. The van der Waals surface area contributed by atoms with Gasteiger partial charge in [-0.15, -0.1) is 11.3 Å². The predicted molar refractivity (Wildman–Crippen MR) is 105 cm³/mol. The van der Waals surface area contributed by atoms with Crippen molar-refractivity contribution in [3.8, 4) is 0 Å². The summed E-state index contributed by atoms with van der Waals surface area (Å²) < 4.78 is 1.72. The Balaban J connectivity index is 1.64. The Morgan fingerprint density at radius 1 is 1.38 bits per heavy atom. The molecule has 0 spiro atoms. The number of halogens is 2. The molecule has 1 aliphatic heterocycles. The van der Waals surface area contributed by atoms with E-state index in [2.05, 4.69) is 10.3 Å². The van der Waals surface area contributed by atoms with Crippen molar-refractivity contribution in [2.75, 3.05) is 0 Å². The quantitative estimate of drug-likeness (QED) is 0.714. The average molecular weight is 408 g/mol. The molecule has 134 valence electrons. The van der Waals surface area contributed by atoms with Crippen LogP contribution in [0.4, 0.5) is 0 Å². The summed E-state index contributed by atoms with van der Waals surface area (Å²) in [7, 11) is 0. The van der Waals surface area contributed by atoms with E-state index in [0.29, 0.717) is 37.2 Å². The SMILES string of the molecule is Cc1c(C(=O)NCc2ccc(Cl)cc2Cl)sc2nc3n(c(=O)c12)CCC3. The molecule has 0 unspecified atom stereocenters. The summed E-state index contributed by atoms with van der Waals surface area (Å²) >= 11 is 13.3. The molecule has 8 heteroatoms. The van der Waals surface area contributed by atoms with Crippen LogP contribution in [-0.4, -0.2) is 15.5 Å². The lowest BCUT2D eigenvalue weighted by Crippen LogP contribution is -2.23. The molecule has 0 bridgehead atoms. The van der Waals surface area contributed by atoms with E-state index in [4.69, 9.17) is 23.2 Å². The number of fused-ring (bicyclic) bond motifs is 2. The van der Waals surface area contributed by atoms with Crippen molar-refractivity contribution >= 4 is 50.7 Å². The largest absolute Gasteiger partial charge is 0.347 e. The molecule has 5 nitrogen and oxygen atoms in total. The van der Waals surface area contributed by atoms with Crippen molar-refractivity contribution in [3.05, 3.63) is 60.4 Å². The van der Waals surface area contributed by atoms with E-state index in [0.717, 1.165) is 24.2 Å². The zero-order valence-electron chi connectivity index (χ0n) is 13.9. The molecule has 1 amide bonds. The van der Waals surface area contributed by atoms with Gasteiger partial charge in [0.2, 0.25) is 0 Å². The number of hydrogen-bond acceptors (Lipinski definition) is 4. The first kappa shape index (κ1) is 17.5. The highest BCUT2D eigenvalue weighted by molar-refractivity contribution is 7.20. The van der Waals surface area contributed by atoms with E-state index >= 15 is 0 Å². The monoisotopic (exact) mass is 407 g/mol. The molecule has 26 heavy (non-hydrogen) atoms. The van der Waals surface area contributed by atoms with Gasteiger partial charge in [0.05, 0.1) is 10.3 Å². The van der Waals surface area contributed by atoms with Crippen LogP contribution >= 0.6 is 34.5 Å². The molecule has 0 fully saturated rings. The van der Waals surface area contributed by atoms with Crippen molar-refractivity contribution in [3.63, 3.8) is 0 Å². The van der Waals surface area contributed by atoms with E-state index < -0.39 is 0 Å². The van der Waals surface area contributed by atoms with Gasteiger partial charge in [0.25, 0.3) is 11.5 Å². The van der Waals surface area contributed by atoms with Gasteiger partial charge in [-0.25, -0.2) is 4.98 Å². The second kappa shape index (κ2) is 6.68. The maximum Gasteiger partial charge on any atom is 0.262 e. The Kier molecular flexibility index (Phi) is 4.50. The maximum atomic E-state index is 12.7. The number of aromatic nitrogens is 2. The summed E-state index contributed by atoms with van der Waals surface area (Å²) in [6, 6.07) is 5.15. The van der Waals surface area contributed by atoms with Crippen LogP contribution in [0.15, 0.2) is 23.0 Å². The van der Waals surface area contributed by atoms with Crippen molar-refractivity contribution in [2.45, 2.75) is 32.9 Å². The van der Waals surface area contributed by atoms with Gasteiger partial charge >= 0.3 is 0 Å². The molecule has 1 aliphatic rings. The second-order valence-electron chi connectivity index (χ2n) is 6.24. The van der Waals surface area contributed by atoms with Gasteiger partial charge in [0, 0.05) is 29.6 Å². The van der Waals surface area contributed by atoms with E-state index in [1.165, 1.54) is 11.3 Å². The Bertz CT molecular complexity index is 1100. The first-order chi connectivity index (χ1) is 12.5. The highest BCUT2D eigenvalue weighted by Gasteiger charge is 2.23. The lowest BCUT2D eigenvalue weighted by atomic mass is 10.2. The van der Waals surface area contributed by atoms with E-state index in [9.17, 15) is 9.59 Å². The lowest BCUT2D eigenvalue weighted by Gasteiger charge is -2.07. The molecule has 0 radical (unpaired) electrons. The lowest BCUT2D eigenvalue weighted by molar-refractivity contribution is 0.0954. The Morgan fingerprint density at radius 2 is 2.19 bits per heavy atom. The minimum Gasteiger partial charge on any atom is -0.347 e.